The van der Waals surface area contributed by atoms with Gasteiger partial charge in [0.2, 0.25) is 20.0 Å². The number of rotatable bonds is 5. The third kappa shape index (κ3) is 3.63. The van der Waals surface area contributed by atoms with Gasteiger partial charge in [-0.15, -0.1) is 0 Å². The Balaban J connectivity index is 2.38. The van der Waals surface area contributed by atoms with Crippen molar-refractivity contribution in [1.29, 1.82) is 0 Å². The van der Waals surface area contributed by atoms with Crippen molar-refractivity contribution in [1.82, 2.24) is 9.03 Å². The van der Waals surface area contributed by atoms with Gasteiger partial charge >= 0.3 is 0 Å². The largest absolute Gasteiger partial charge is 0.243 e. The molecular formula is C13H20N2O4S2. The zero-order chi connectivity index (χ0) is 15.7. The number of sulfonamides is 2. The highest BCUT2D eigenvalue weighted by Gasteiger charge is 2.28. The first-order valence-electron chi connectivity index (χ1n) is 6.86. The SMILES string of the molecule is CC(C)NS(=O)(=O)c1cccc(S(=O)(=O)N2CCCC2)c1. The minimum Gasteiger partial charge on any atom is -0.209 e. The van der Waals surface area contributed by atoms with E-state index in [1.165, 1.54) is 28.6 Å². The van der Waals surface area contributed by atoms with Crippen LogP contribution in [0.25, 0.3) is 0 Å². The van der Waals surface area contributed by atoms with Gasteiger partial charge in [-0.1, -0.05) is 6.07 Å². The fourth-order valence-electron chi connectivity index (χ4n) is 2.26. The average Bonchev–Trinajstić information content (AvgIpc) is 2.92. The Morgan fingerprint density at radius 3 is 2.19 bits per heavy atom. The Bertz CT molecular complexity index is 705. The van der Waals surface area contributed by atoms with E-state index in [0.717, 1.165) is 12.8 Å². The molecule has 21 heavy (non-hydrogen) atoms. The average molecular weight is 332 g/mol. The Morgan fingerprint density at radius 1 is 1.05 bits per heavy atom. The summed E-state index contributed by atoms with van der Waals surface area (Å²) in [5.41, 5.74) is 0. The Labute approximate surface area is 126 Å². The molecule has 1 N–H and O–H groups in total. The van der Waals surface area contributed by atoms with Crippen LogP contribution < -0.4 is 4.72 Å². The van der Waals surface area contributed by atoms with E-state index in [4.69, 9.17) is 0 Å². The molecule has 1 aliphatic rings. The summed E-state index contributed by atoms with van der Waals surface area (Å²) in [7, 11) is -7.31. The molecule has 1 fully saturated rings. The molecule has 1 saturated heterocycles. The van der Waals surface area contributed by atoms with Crippen LogP contribution >= 0.6 is 0 Å². The topological polar surface area (TPSA) is 83.5 Å². The van der Waals surface area contributed by atoms with Gasteiger partial charge < -0.3 is 0 Å². The quantitative estimate of drug-likeness (QED) is 0.877. The van der Waals surface area contributed by atoms with E-state index in [-0.39, 0.29) is 15.8 Å². The second-order valence-corrected chi connectivity index (χ2v) is 9.01. The standard InChI is InChI=1S/C13H20N2O4S2/c1-11(2)14-20(16,17)12-6-5-7-13(10-12)21(18,19)15-8-3-4-9-15/h5-7,10-11,14H,3-4,8-9H2,1-2H3. The molecule has 1 aliphatic heterocycles. The number of benzene rings is 1. The summed E-state index contributed by atoms with van der Waals surface area (Å²) in [6.45, 7) is 4.40. The highest BCUT2D eigenvalue weighted by atomic mass is 32.2. The summed E-state index contributed by atoms with van der Waals surface area (Å²) >= 11 is 0. The van der Waals surface area contributed by atoms with Crippen molar-refractivity contribution < 1.29 is 16.8 Å². The maximum atomic E-state index is 12.4. The number of nitrogens with one attached hydrogen (secondary N) is 1. The van der Waals surface area contributed by atoms with E-state index in [1.807, 2.05) is 0 Å². The maximum absolute atomic E-state index is 12.4. The Morgan fingerprint density at radius 2 is 1.62 bits per heavy atom. The van der Waals surface area contributed by atoms with Crippen molar-refractivity contribution in [3.8, 4) is 0 Å². The molecule has 0 atom stereocenters. The monoisotopic (exact) mass is 332 g/mol. The number of hydrogen-bond donors (Lipinski definition) is 1. The molecule has 0 bridgehead atoms. The van der Waals surface area contributed by atoms with Crippen molar-refractivity contribution in [3.05, 3.63) is 24.3 Å². The van der Waals surface area contributed by atoms with Crippen molar-refractivity contribution in [3.63, 3.8) is 0 Å². The van der Waals surface area contributed by atoms with Crippen LogP contribution in [0.4, 0.5) is 0 Å². The van der Waals surface area contributed by atoms with E-state index in [9.17, 15) is 16.8 Å². The number of nitrogens with zero attached hydrogens (tertiary/aromatic N) is 1. The molecule has 8 heteroatoms. The molecule has 6 nitrogen and oxygen atoms in total. The lowest BCUT2D eigenvalue weighted by Gasteiger charge is -2.16. The van der Waals surface area contributed by atoms with E-state index in [2.05, 4.69) is 4.72 Å². The molecule has 0 aromatic heterocycles. The fourth-order valence-corrected chi connectivity index (χ4v) is 5.19. The fraction of sp³-hybridized carbons (Fsp3) is 0.538. The van der Waals surface area contributed by atoms with Crippen LogP contribution in [0.2, 0.25) is 0 Å². The molecule has 1 aromatic carbocycles. The zero-order valence-corrected chi connectivity index (χ0v) is 13.7. The van der Waals surface area contributed by atoms with Gasteiger partial charge in [-0.25, -0.2) is 21.6 Å². The van der Waals surface area contributed by atoms with Crippen molar-refractivity contribution in [2.45, 2.75) is 42.5 Å². The van der Waals surface area contributed by atoms with Crippen molar-refractivity contribution in [2.75, 3.05) is 13.1 Å². The highest BCUT2D eigenvalue weighted by Crippen LogP contribution is 2.23. The second-order valence-electron chi connectivity index (χ2n) is 5.36. The van der Waals surface area contributed by atoms with Crippen LogP contribution in [0.3, 0.4) is 0 Å². The summed E-state index contributed by atoms with van der Waals surface area (Å²) in [4.78, 5) is -0.00694. The summed E-state index contributed by atoms with van der Waals surface area (Å²) in [6.07, 6.45) is 1.68. The second kappa shape index (κ2) is 6.04. The molecule has 0 radical (unpaired) electrons. The predicted octanol–water partition coefficient (Wildman–Crippen LogP) is 1.16. The van der Waals surface area contributed by atoms with Gasteiger partial charge in [0, 0.05) is 19.1 Å². The zero-order valence-electron chi connectivity index (χ0n) is 12.1. The van der Waals surface area contributed by atoms with Gasteiger partial charge in [0.05, 0.1) is 9.79 Å². The van der Waals surface area contributed by atoms with Crippen molar-refractivity contribution >= 4 is 20.0 Å². The van der Waals surface area contributed by atoms with Crippen LogP contribution in [0.5, 0.6) is 0 Å². The Kier molecular flexibility index (Phi) is 4.72. The lowest BCUT2D eigenvalue weighted by molar-refractivity contribution is 0.477. The first-order chi connectivity index (χ1) is 9.73. The van der Waals surface area contributed by atoms with Crippen LogP contribution in [-0.4, -0.2) is 40.3 Å². The highest BCUT2D eigenvalue weighted by molar-refractivity contribution is 7.90. The van der Waals surface area contributed by atoms with Gasteiger partial charge in [-0.3, -0.25) is 0 Å². The molecule has 1 aromatic rings. The van der Waals surface area contributed by atoms with Crippen LogP contribution in [0.15, 0.2) is 34.1 Å². The lowest BCUT2D eigenvalue weighted by atomic mass is 10.4. The summed E-state index contributed by atoms with van der Waals surface area (Å²) in [6, 6.07) is 5.25. The van der Waals surface area contributed by atoms with Crippen LogP contribution in [0.1, 0.15) is 26.7 Å². The van der Waals surface area contributed by atoms with Crippen LogP contribution in [0, 0.1) is 0 Å². The molecule has 118 valence electrons. The Hall–Kier alpha value is -0.960. The van der Waals surface area contributed by atoms with E-state index >= 15 is 0 Å². The number of hydrogen-bond acceptors (Lipinski definition) is 4. The van der Waals surface area contributed by atoms with E-state index in [0.29, 0.717) is 13.1 Å². The van der Waals surface area contributed by atoms with Gasteiger partial charge in [0.25, 0.3) is 0 Å². The minimum absolute atomic E-state index is 0.0241. The molecule has 0 saturated carbocycles. The summed E-state index contributed by atoms with van der Waals surface area (Å²) in [5, 5.41) is 0. The minimum atomic E-state index is -3.70. The molecule has 0 amide bonds. The van der Waals surface area contributed by atoms with E-state index < -0.39 is 20.0 Å². The van der Waals surface area contributed by atoms with Gasteiger partial charge in [0.15, 0.2) is 0 Å². The molecule has 0 aliphatic carbocycles. The molecule has 2 rings (SSSR count). The van der Waals surface area contributed by atoms with Crippen molar-refractivity contribution in [2.24, 2.45) is 0 Å². The third-order valence-corrected chi connectivity index (χ3v) is 6.76. The summed E-state index contributed by atoms with van der Waals surface area (Å²) < 4.78 is 53.0. The van der Waals surface area contributed by atoms with E-state index in [1.54, 1.807) is 13.8 Å². The van der Waals surface area contributed by atoms with Crippen LogP contribution in [-0.2, 0) is 20.0 Å². The molecular weight excluding hydrogens is 312 g/mol. The van der Waals surface area contributed by atoms with Gasteiger partial charge in [-0.05, 0) is 44.9 Å². The lowest BCUT2D eigenvalue weighted by Crippen LogP contribution is -2.31. The van der Waals surface area contributed by atoms with Gasteiger partial charge in [0.1, 0.15) is 0 Å². The normalized spacial score (nSPS) is 17.5. The first-order valence-corrected chi connectivity index (χ1v) is 9.78. The predicted molar refractivity (Wildman–Crippen MR) is 79.9 cm³/mol. The molecule has 0 spiro atoms. The first kappa shape index (κ1) is 16.4. The molecule has 1 heterocycles. The smallest absolute Gasteiger partial charge is 0.209 e. The third-order valence-electron chi connectivity index (χ3n) is 3.21. The maximum Gasteiger partial charge on any atom is 0.243 e. The summed E-state index contributed by atoms with van der Waals surface area (Å²) in [5.74, 6) is 0. The molecule has 0 unspecified atom stereocenters. The van der Waals surface area contributed by atoms with Gasteiger partial charge in [-0.2, -0.15) is 4.31 Å².